The van der Waals surface area contributed by atoms with Crippen LogP contribution in [-0.4, -0.2) is 37.3 Å². The molecule has 0 amide bonds. The van der Waals surface area contributed by atoms with Crippen LogP contribution in [-0.2, 0) is 13.0 Å². The summed E-state index contributed by atoms with van der Waals surface area (Å²) in [4.78, 5) is 13.9. The van der Waals surface area contributed by atoms with Crippen LogP contribution < -0.4 is 5.32 Å². The van der Waals surface area contributed by atoms with Crippen molar-refractivity contribution in [3.63, 3.8) is 0 Å². The van der Waals surface area contributed by atoms with E-state index in [-0.39, 0.29) is 23.7 Å². The molecule has 2 N–H and O–H groups in total. The molecule has 1 fully saturated rings. The van der Waals surface area contributed by atoms with Crippen LogP contribution in [0.5, 0.6) is 0 Å². The lowest BCUT2D eigenvalue weighted by molar-refractivity contribution is 0.273. The van der Waals surface area contributed by atoms with Gasteiger partial charge in [-0.1, -0.05) is 55.3 Å². The average Bonchev–Trinajstić information content (AvgIpc) is 3.49. The number of aliphatic hydroxyl groups excluding tert-OH is 1. The normalized spacial score (nSPS) is 15.1. The Labute approximate surface area is 202 Å². The van der Waals surface area contributed by atoms with Gasteiger partial charge in [-0.25, -0.2) is 9.37 Å². The molecule has 0 aliphatic heterocycles. The van der Waals surface area contributed by atoms with Crippen LogP contribution in [0.4, 0.5) is 10.2 Å². The van der Waals surface area contributed by atoms with Crippen LogP contribution >= 0.6 is 11.6 Å². The fraction of sp³-hybridized carbons (Fsp3) is 0.346. The topological polar surface area (TPSA) is 75.9 Å². The Bertz CT molecular complexity index is 1260. The molecule has 1 saturated carbocycles. The smallest absolute Gasteiger partial charge is 0.226 e. The van der Waals surface area contributed by atoms with Crippen molar-refractivity contribution in [3.8, 4) is 0 Å². The Morgan fingerprint density at radius 2 is 1.74 bits per heavy atom. The molecule has 1 aliphatic rings. The highest BCUT2D eigenvalue weighted by Crippen LogP contribution is 2.37. The number of rotatable bonds is 8. The van der Waals surface area contributed by atoms with Crippen molar-refractivity contribution in [2.45, 2.75) is 50.6 Å². The van der Waals surface area contributed by atoms with Crippen LogP contribution in [0.25, 0.3) is 11.2 Å². The second kappa shape index (κ2) is 10.1. The molecule has 0 bridgehead atoms. The standard InChI is InChI=1S/C26H27ClFN5O/c27-26-31-23(29-21(16-34)14-17-10-12-20(28)13-11-17)22-24(32-26)30-25(19-8-4-5-9-19)33(22)15-18-6-2-1-3-7-18/h1-3,6-7,10-13,19,21,34H,4-5,8-9,14-16H2,(H,29,31,32)/t21-/m1/s1. The van der Waals surface area contributed by atoms with Gasteiger partial charge in [-0.15, -0.1) is 0 Å². The Kier molecular flexibility index (Phi) is 6.74. The van der Waals surface area contributed by atoms with E-state index >= 15 is 0 Å². The maximum Gasteiger partial charge on any atom is 0.226 e. The van der Waals surface area contributed by atoms with Gasteiger partial charge in [0, 0.05) is 12.5 Å². The minimum absolute atomic E-state index is 0.107. The van der Waals surface area contributed by atoms with Crippen LogP contribution in [0, 0.1) is 5.82 Å². The summed E-state index contributed by atoms with van der Waals surface area (Å²) in [5, 5.41) is 13.6. The molecule has 0 saturated heterocycles. The van der Waals surface area contributed by atoms with E-state index in [1.807, 2.05) is 18.2 Å². The first kappa shape index (κ1) is 22.7. The first-order valence-corrected chi connectivity index (χ1v) is 12.1. The Balaban J connectivity index is 1.55. The highest BCUT2D eigenvalue weighted by atomic mass is 35.5. The molecule has 2 heterocycles. The van der Waals surface area contributed by atoms with Crippen molar-refractivity contribution in [2.75, 3.05) is 11.9 Å². The zero-order valence-electron chi connectivity index (χ0n) is 18.8. The second-order valence-corrected chi connectivity index (χ2v) is 9.23. The molecule has 34 heavy (non-hydrogen) atoms. The molecular weight excluding hydrogens is 453 g/mol. The molecule has 0 spiro atoms. The molecule has 6 nitrogen and oxygen atoms in total. The predicted molar refractivity (Wildman–Crippen MR) is 132 cm³/mol. The SMILES string of the molecule is OC[C@@H](Cc1ccc(F)cc1)Nc1nc(Cl)nc2nc(C3CCCC3)n(Cc3ccccc3)c12. The lowest BCUT2D eigenvalue weighted by Crippen LogP contribution is -2.27. The number of nitrogens with zero attached hydrogens (tertiary/aromatic N) is 4. The number of halogens is 2. The summed E-state index contributed by atoms with van der Waals surface area (Å²) in [5.74, 6) is 1.64. The van der Waals surface area contributed by atoms with Gasteiger partial charge >= 0.3 is 0 Å². The number of benzene rings is 2. The van der Waals surface area contributed by atoms with Crippen molar-refractivity contribution in [1.82, 2.24) is 19.5 Å². The van der Waals surface area contributed by atoms with Gasteiger partial charge in [0.05, 0.1) is 12.6 Å². The number of hydrogen-bond donors (Lipinski definition) is 2. The van der Waals surface area contributed by atoms with E-state index in [2.05, 4.69) is 32.0 Å². The largest absolute Gasteiger partial charge is 0.394 e. The molecule has 8 heteroatoms. The minimum Gasteiger partial charge on any atom is -0.394 e. The van der Waals surface area contributed by atoms with Gasteiger partial charge in [0.2, 0.25) is 5.28 Å². The average molecular weight is 480 g/mol. The summed E-state index contributed by atoms with van der Waals surface area (Å²) in [6.07, 6.45) is 5.10. The Morgan fingerprint density at radius 1 is 1.00 bits per heavy atom. The number of aliphatic hydroxyl groups is 1. The van der Waals surface area contributed by atoms with Gasteiger partial charge in [0.25, 0.3) is 0 Å². The van der Waals surface area contributed by atoms with Gasteiger partial charge in [0.1, 0.15) is 17.2 Å². The van der Waals surface area contributed by atoms with Gasteiger partial charge in [0.15, 0.2) is 11.5 Å². The third kappa shape index (κ3) is 4.91. The van der Waals surface area contributed by atoms with E-state index in [0.29, 0.717) is 30.3 Å². The molecule has 5 rings (SSSR count). The minimum atomic E-state index is -0.338. The molecule has 0 unspecified atom stereocenters. The van der Waals surface area contributed by atoms with Crippen molar-refractivity contribution in [3.05, 3.63) is 82.6 Å². The van der Waals surface area contributed by atoms with Crippen molar-refractivity contribution in [2.24, 2.45) is 0 Å². The summed E-state index contributed by atoms with van der Waals surface area (Å²) >= 11 is 6.29. The summed E-state index contributed by atoms with van der Waals surface area (Å²) in [6.45, 7) is 0.521. The highest BCUT2D eigenvalue weighted by molar-refractivity contribution is 6.28. The molecule has 1 atom stereocenters. The third-order valence-corrected chi connectivity index (χ3v) is 6.63. The first-order valence-electron chi connectivity index (χ1n) is 11.7. The monoisotopic (exact) mass is 479 g/mol. The molecule has 2 aromatic carbocycles. The summed E-state index contributed by atoms with van der Waals surface area (Å²) in [5.41, 5.74) is 3.41. The maximum atomic E-state index is 13.3. The van der Waals surface area contributed by atoms with Crippen LogP contribution in [0.2, 0.25) is 5.28 Å². The zero-order valence-corrected chi connectivity index (χ0v) is 19.5. The summed E-state index contributed by atoms with van der Waals surface area (Å²) in [6, 6.07) is 16.2. The van der Waals surface area contributed by atoms with E-state index < -0.39 is 0 Å². The van der Waals surface area contributed by atoms with E-state index in [0.717, 1.165) is 35.3 Å². The lowest BCUT2D eigenvalue weighted by atomic mass is 10.1. The van der Waals surface area contributed by atoms with Crippen molar-refractivity contribution < 1.29 is 9.50 Å². The van der Waals surface area contributed by atoms with Crippen molar-refractivity contribution >= 4 is 28.6 Å². The lowest BCUT2D eigenvalue weighted by Gasteiger charge is -2.19. The number of imidazole rings is 1. The zero-order chi connectivity index (χ0) is 23.5. The van der Waals surface area contributed by atoms with Gasteiger partial charge in [-0.3, -0.25) is 0 Å². The molecule has 176 valence electrons. The number of hydrogen-bond acceptors (Lipinski definition) is 5. The quantitative estimate of drug-likeness (QED) is 0.333. The Morgan fingerprint density at radius 3 is 2.44 bits per heavy atom. The van der Waals surface area contributed by atoms with E-state index in [9.17, 15) is 9.50 Å². The van der Waals surface area contributed by atoms with Crippen LogP contribution in [0.15, 0.2) is 54.6 Å². The number of aromatic nitrogens is 4. The molecule has 4 aromatic rings. The summed E-state index contributed by atoms with van der Waals surface area (Å²) < 4.78 is 15.5. The predicted octanol–water partition coefficient (Wildman–Crippen LogP) is 5.34. The first-order chi connectivity index (χ1) is 16.6. The number of fused-ring (bicyclic) bond motifs is 1. The molecular formula is C26H27ClFN5O. The van der Waals surface area contributed by atoms with Gasteiger partial charge < -0.3 is 15.0 Å². The third-order valence-electron chi connectivity index (χ3n) is 6.47. The van der Waals surface area contributed by atoms with Gasteiger partial charge in [-0.2, -0.15) is 9.97 Å². The van der Waals surface area contributed by atoms with Crippen molar-refractivity contribution in [1.29, 1.82) is 0 Å². The Hall–Kier alpha value is -3.03. The fourth-order valence-corrected chi connectivity index (χ4v) is 4.97. The van der Waals surface area contributed by atoms with E-state index in [1.165, 1.54) is 25.0 Å². The molecule has 2 aromatic heterocycles. The molecule has 1 aliphatic carbocycles. The number of nitrogens with one attached hydrogen (secondary N) is 1. The highest BCUT2D eigenvalue weighted by Gasteiger charge is 2.27. The second-order valence-electron chi connectivity index (χ2n) is 8.89. The van der Waals surface area contributed by atoms with Gasteiger partial charge in [-0.05, 0) is 54.1 Å². The van der Waals surface area contributed by atoms with Crippen LogP contribution in [0.3, 0.4) is 0 Å². The fourth-order valence-electron chi connectivity index (χ4n) is 4.81. The van der Waals surface area contributed by atoms with E-state index in [4.69, 9.17) is 16.6 Å². The summed E-state index contributed by atoms with van der Waals surface area (Å²) in [7, 11) is 0. The number of anilines is 1. The maximum absolute atomic E-state index is 13.3. The van der Waals surface area contributed by atoms with E-state index in [1.54, 1.807) is 12.1 Å². The van der Waals surface area contributed by atoms with Crippen LogP contribution in [0.1, 0.15) is 48.6 Å². The molecule has 0 radical (unpaired) electrons.